The number of hydrogen-bond acceptors (Lipinski definition) is 3. The van der Waals surface area contributed by atoms with Crippen molar-refractivity contribution in [2.45, 2.75) is 32.4 Å². The van der Waals surface area contributed by atoms with Crippen molar-refractivity contribution in [3.05, 3.63) is 59.1 Å². The molecule has 0 radical (unpaired) electrons. The van der Waals surface area contributed by atoms with Gasteiger partial charge in [0.15, 0.2) is 5.78 Å². The van der Waals surface area contributed by atoms with Crippen LogP contribution in [0.5, 0.6) is 0 Å². The number of likely N-dealkylation sites (tertiary alicyclic amines) is 1. The number of carbonyl (C=O) groups excluding carboxylic acids is 1. The van der Waals surface area contributed by atoms with Crippen LogP contribution in [0.1, 0.15) is 29.6 Å². The molecule has 6 heteroatoms. The second kappa shape index (κ2) is 8.33. The number of para-hydroxylation sites is 2. The molecule has 1 aliphatic heterocycles. The van der Waals surface area contributed by atoms with E-state index in [1.165, 1.54) is 19.3 Å². The zero-order chi connectivity index (χ0) is 19.5. The maximum Gasteiger partial charge on any atom is 0.356 e. The lowest BCUT2D eigenvalue weighted by Crippen LogP contribution is -2.41. The minimum Gasteiger partial charge on any atom is -0.300 e. The SMILES string of the molecule is Nc1n(CCN2CCCCC2)c2ccccc2[n+]1CC(=O)c1ccc(Cl)cc1. The van der Waals surface area contributed by atoms with Crippen molar-refractivity contribution in [1.82, 2.24) is 9.47 Å². The molecule has 0 aliphatic carbocycles. The maximum absolute atomic E-state index is 12.8. The lowest BCUT2D eigenvalue weighted by atomic mass is 10.1. The number of ketones is 1. The molecule has 146 valence electrons. The van der Waals surface area contributed by atoms with Crippen molar-refractivity contribution < 1.29 is 9.36 Å². The number of piperidine rings is 1. The molecule has 5 nitrogen and oxygen atoms in total. The first-order valence-electron chi connectivity index (χ1n) is 9.91. The number of nitrogens with zero attached hydrogens (tertiary/aromatic N) is 3. The second-order valence-corrected chi connectivity index (χ2v) is 7.85. The molecular weight excluding hydrogens is 372 g/mol. The van der Waals surface area contributed by atoms with Gasteiger partial charge in [-0.1, -0.05) is 30.2 Å². The highest BCUT2D eigenvalue weighted by molar-refractivity contribution is 6.30. The minimum atomic E-state index is 0.0206. The Morgan fingerprint density at radius 3 is 2.46 bits per heavy atom. The molecule has 0 bridgehead atoms. The third-order valence-electron chi connectivity index (χ3n) is 5.57. The van der Waals surface area contributed by atoms with Crippen molar-refractivity contribution in [3.8, 4) is 0 Å². The van der Waals surface area contributed by atoms with E-state index in [1.54, 1.807) is 24.3 Å². The maximum atomic E-state index is 12.8. The van der Waals surface area contributed by atoms with Gasteiger partial charge in [0.1, 0.15) is 17.6 Å². The van der Waals surface area contributed by atoms with E-state index in [9.17, 15) is 4.79 Å². The summed E-state index contributed by atoms with van der Waals surface area (Å²) >= 11 is 5.94. The summed E-state index contributed by atoms with van der Waals surface area (Å²) in [6, 6.07) is 15.1. The quantitative estimate of drug-likeness (QED) is 0.511. The van der Waals surface area contributed by atoms with Gasteiger partial charge >= 0.3 is 5.95 Å². The van der Waals surface area contributed by atoms with E-state index in [2.05, 4.69) is 15.5 Å². The summed E-state index contributed by atoms with van der Waals surface area (Å²) in [4.78, 5) is 15.3. The lowest BCUT2D eigenvalue weighted by molar-refractivity contribution is -0.642. The van der Waals surface area contributed by atoms with Crippen LogP contribution in [-0.4, -0.2) is 34.9 Å². The van der Waals surface area contributed by atoms with E-state index in [0.717, 1.165) is 37.2 Å². The van der Waals surface area contributed by atoms with E-state index in [1.807, 2.05) is 22.8 Å². The molecule has 1 aromatic heterocycles. The van der Waals surface area contributed by atoms with Crippen LogP contribution in [0.25, 0.3) is 11.0 Å². The minimum absolute atomic E-state index is 0.0206. The van der Waals surface area contributed by atoms with Crippen molar-refractivity contribution in [2.75, 3.05) is 25.4 Å². The molecule has 2 aromatic carbocycles. The highest BCUT2D eigenvalue weighted by Crippen LogP contribution is 2.18. The zero-order valence-electron chi connectivity index (χ0n) is 16.0. The molecular formula is C22H26ClN4O+. The molecule has 4 rings (SSSR count). The molecule has 3 aromatic rings. The number of hydrogen-bond donors (Lipinski definition) is 1. The van der Waals surface area contributed by atoms with Gasteiger partial charge < -0.3 is 4.90 Å². The Morgan fingerprint density at radius 2 is 1.71 bits per heavy atom. The Morgan fingerprint density at radius 1 is 1.00 bits per heavy atom. The number of anilines is 1. The van der Waals surface area contributed by atoms with E-state index in [0.29, 0.717) is 16.5 Å². The topological polar surface area (TPSA) is 55.1 Å². The van der Waals surface area contributed by atoms with E-state index < -0.39 is 0 Å². The number of imidazole rings is 1. The Hall–Kier alpha value is -2.37. The summed E-state index contributed by atoms with van der Waals surface area (Å²) in [6.45, 7) is 4.34. The summed E-state index contributed by atoms with van der Waals surface area (Å²) in [5, 5.41) is 0.623. The van der Waals surface area contributed by atoms with Gasteiger partial charge in [-0.15, -0.1) is 0 Å². The van der Waals surface area contributed by atoms with Gasteiger partial charge in [-0.2, -0.15) is 0 Å². The Labute approximate surface area is 170 Å². The highest BCUT2D eigenvalue weighted by Gasteiger charge is 2.23. The van der Waals surface area contributed by atoms with Crippen LogP contribution >= 0.6 is 11.6 Å². The molecule has 1 saturated heterocycles. The molecule has 0 spiro atoms. The summed E-state index contributed by atoms with van der Waals surface area (Å²) < 4.78 is 4.06. The summed E-state index contributed by atoms with van der Waals surface area (Å²) in [5.74, 6) is 0.646. The van der Waals surface area contributed by atoms with Crippen LogP contribution in [0.3, 0.4) is 0 Å². The number of nitrogens with two attached hydrogens (primary N) is 1. The zero-order valence-corrected chi connectivity index (χ0v) is 16.7. The van der Waals surface area contributed by atoms with Gasteiger partial charge in [-0.25, -0.2) is 9.13 Å². The molecule has 1 fully saturated rings. The van der Waals surface area contributed by atoms with E-state index in [-0.39, 0.29) is 12.3 Å². The summed E-state index contributed by atoms with van der Waals surface area (Å²) in [6.07, 6.45) is 3.88. The predicted molar refractivity (Wildman–Crippen MR) is 113 cm³/mol. The van der Waals surface area contributed by atoms with Gasteiger partial charge in [0, 0.05) is 17.1 Å². The lowest BCUT2D eigenvalue weighted by Gasteiger charge is -2.25. The Balaban J connectivity index is 1.60. The molecule has 0 saturated carbocycles. The molecule has 1 aliphatic rings. The second-order valence-electron chi connectivity index (χ2n) is 7.42. The number of benzene rings is 2. The molecule has 0 atom stereocenters. The molecule has 0 amide bonds. The number of aromatic nitrogens is 2. The third-order valence-corrected chi connectivity index (χ3v) is 5.82. The monoisotopic (exact) mass is 397 g/mol. The third kappa shape index (κ3) is 3.91. The van der Waals surface area contributed by atoms with Crippen molar-refractivity contribution in [3.63, 3.8) is 0 Å². The molecule has 2 heterocycles. The smallest absolute Gasteiger partial charge is 0.300 e. The Kier molecular flexibility index (Phi) is 5.64. The number of halogens is 1. The van der Waals surface area contributed by atoms with Crippen molar-refractivity contribution >= 4 is 34.4 Å². The fourth-order valence-corrected chi connectivity index (χ4v) is 4.14. The summed E-state index contributed by atoms with van der Waals surface area (Å²) in [7, 11) is 0. The summed E-state index contributed by atoms with van der Waals surface area (Å²) in [5.41, 5.74) is 9.21. The predicted octanol–water partition coefficient (Wildman–Crippen LogP) is 3.53. The first kappa shape index (κ1) is 19.0. The van der Waals surface area contributed by atoms with E-state index in [4.69, 9.17) is 17.3 Å². The van der Waals surface area contributed by atoms with Crippen LogP contribution in [0, 0.1) is 0 Å². The number of Topliss-reactive ketones (excluding diaryl/α,β-unsaturated/α-hetero) is 1. The number of rotatable bonds is 6. The average Bonchev–Trinajstić information content (AvgIpc) is 2.99. The van der Waals surface area contributed by atoms with Gasteiger partial charge in [0.05, 0.1) is 6.54 Å². The fourth-order valence-electron chi connectivity index (χ4n) is 4.01. The largest absolute Gasteiger partial charge is 0.356 e. The van der Waals surface area contributed by atoms with Gasteiger partial charge in [0.25, 0.3) is 0 Å². The van der Waals surface area contributed by atoms with Gasteiger partial charge in [0.2, 0.25) is 0 Å². The van der Waals surface area contributed by atoms with Crippen molar-refractivity contribution in [2.24, 2.45) is 0 Å². The van der Waals surface area contributed by atoms with Crippen LogP contribution in [0.4, 0.5) is 5.95 Å². The van der Waals surface area contributed by atoms with Crippen LogP contribution in [0.15, 0.2) is 48.5 Å². The van der Waals surface area contributed by atoms with Crippen LogP contribution in [0.2, 0.25) is 5.02 Å². The molecule has 0 unspecified atom stereocenters. The van der Waals surface area contributed by atoms with Gasteiger partial charge in [-0.3, -0.25) is 10.5 Å². The first-order valence-corrected chi connectivity index (χ1v) is 10.3. The van der Waals surface area contributed by atoms with Crippen LogP contribution in [-0.2, 0) is 13.1 Å². The number of fused-ring (bicyclic) bond motifs is 1. The number of carbonyl (C=O) groups is 1. The molecule has 2 N–H and O–H groups in total. The van der Waals surface area contributed by atoms with Crippen LogP contribution < -0.4 is 10.3 Å². The van der Waals surface area contributed by atoms with E-state index >= 15 is 0 Å². The fraction of sp³-hybridized carbons (Fsp3) is 0.364. The molecule has 28 heavy (non-hydrogen) atoms. The van der Waals surface area contributed by atoms with Crippen molar-refractivity contribution in [1.29, 1.82) is 0 Å². The van der Waals surface area contributed by atoms with Gasteiger partial charge in [-0.05, 0) is 62.3 Å². The number of nitrogen functional groups attached to an aromatic ring is 1. The first-order chi connectivity index (χ1) is 13.6. The average molecular weight is 398 g/mol. The Bertz CT molecular complexity index is 974. The standard InChI is InChI=1S/C22H25ClN4O/c23-18-10-8-17(9-11-18)21(28)16-27-20-7-3-2-6-19(20)26(22(27)24)15-14-25-12-4-1-5-13-25/h2-3,6-11,24H,1,4-5,12-16H2/p+1. The highest BCUT2D eigenvalue weighted by atomic mass is 35.5. The normalized spacial score (nSPS) is 15.2.